The van der Waals surface area contributed by atoms with Gasteiger partial charge in [-0.3, -0.25) is 4.90 Å². The van der Waals surface area contributed by atoms with E-state index in [1.807, 2.05) is 6.07 Å². The number of rotatable bonds is 3. The van der Waals surface area contributed by atoms with E-state index in [2.05, 4.69) is 20.8 Å². The van der Waals surface area contributed by atoms with Crippen molar-refractivity contribution in [2.24, 2.45) is 0 Å². The number of benzene rings is 1. The molecule has 0 amide bonds. The predicted octanol–water partition coefficient (Wildman–Crippen LogP) is 2.81. The van der Waals surface area contributed by atoms with Gasteiger partial charge in [-0.25, -0.2) is 4.39 Å². The van der Waals surface area contributed by atoms with Crippen LogP contribution in [0.15, 0.2) is 22.7 Å². The van der Waals surface area contributed by atoms with Gasteiger partial charge in [0.05, 0.1) is 6.10 Å². The fourth-order valence-corrected chi connectivity index (χ4v) is 2.50. The number of hydrogen-bond donors (Lipinski definition) is 0. The molecule has 1 aromatic carbocycles. The number of likely N-dealkylation sites (tertiary alicyclic amines) is 1. The molecule has 0 aliphatic carbocycles. The number of ether oxygens (including phenoxy) is 1. The average molecular weight is 288 g/mol. The van der Waals surface area contributed by atoms with Gasteiger partial charge in [-0.1, -0.05) is 22.0 Å². The number of hydrogen-bond acceptors (Lipinski definition) is 2. The number of nitrogens with zero attached hydrogens (tertiary/aromatic N) is 1. The van der Waals surface area contributed by atoms with E-state index in [4.69, 9.17) is 4.74 Å². The summed E-state index contributed by atoms with van der Waals surface area (Å²) >= 11 is 3.39. The van der Waals surface area contributed by atoms with Gasteiger partial charge in [0.15, 0.2) is 0 Å². The lowest BCUT2D eigenvalue weighted by atomic mass is 10.2. The Morgan fingerprint density at radius 2 is 2.38 bits per heavy atom. The SMILES string of the molecule is CO[C@H]1CCN(Cc2ccc(F)cc2Br)C1. The van der Waals surface area contributed by atoms with Gasteiger partial charge in [0.25, 0.3) is 0 Å². The molecule has 16 heavy (non-hydrogen) atoms. The average Bonchev–Trinajstić information content (AvgIpc) is 2.70. The van der Waals surface area contributed by atoms with E-state index in [9.17, 15) is 4.39 Å². The van der Waals surface area contributed by atoms with Crippen LogP contribution in [0.2, 0.25) is 0 Å². The van der Waals surface area contributed by atoms with Crippen molar-refractivity contribution in [3.05, 3.63) is 34.1 Å². The molecular formula is C12H15BrFNO. The highest BCUT2D eigenvalue weighted by atomic mass is 79.9. The van der Waals surface area contributed by atoms with Crippen molar-refractivity contribution in [2.45, 2.75) is 19.1 Å². The topological polar surface area (TPSA) is 12.5 Å². The fraction of sp³-hybridized carbons (Fsp3) is 0.500. The highest BCUT2D eigenvalue weighted by Crippen LogP contribution is 2.22. The first-order chi connectivity index (χ1) is 7.69. The highest BCUT2D eigenvalue weighted by Gasteiger charge is 2.22. The Morgan fingerprint density at radius 3 is 3.00 bits per heavy atom. The summed E-state index contributed by atoms with van der Waals surface area (Å²) in [6.07, 6.45) is 1.43. The molecule has 4 heteroatoms. The Bertz CT molecular complexity index is 372. The summed E-state index contributed by atoms with van der Waals surface area (Å²) in [6, 6.07) is 4.85. The first kappa shape index (κ1) is 12.0. The van der Waals surface area contributed by atoms with Crippen LogP contribution in [0.3, 0.4) is 0 Å². The van der Waals surface area contributed by atoms with E-state index >= 15 is 0 Å². The van der Waals surface area contributed by atoms with Crippen molar-refractivity contribution in [1.82, 2.24) is 4.90 Å². The molecule has 0 N–H and O–H groups in total. The van der Waals surface area contributed by atoms with E-state index < -0.39 is 0 Å². The Hall–Kier alpha value is -0.450. The van der Waals surface area contributed by atoms with E-state index in [1.54, 1.807) is 7.11 Å². The van der Waals surface area contributed by atoms with Gasteiger partial charge in [0.2, 0.25) is 0 Å². The van der Waals surface area contributed by atoms with Crippen molar-refractivity contribution in [3.63, 3.8) is 0 Å². The molecule has 88 valence electrons. The van der Waals surface area contributed by atoms with E-state index in [0.29, 0.717) is 6.10 Å². The molecule has 0 unspecified atom stereocenters. The summed E-state index contributed by atoms with van der Waals surface area (Å²) in [4.78, 5) is 2.33. The van der Waals surface area contributed by atoms with Crippen LogP contribution in [-0.2, 0) is 11.3 Å². The maximum Gasteiger partial charge on any atom is 0.124 e. The Balaban J connectivity index is 1.99. The van der Waals surface area contributed by atoms with Gasteiger partial charge in [-0.05, 0) is 24.1 Å². The lowest BCUT2D eigenvalue weighted by molar-refractivity contribution is 0.107. The van der Waals surface area contributed by atoms with Crippen LogP contribution in [0.5, 0.6) is 0 Å². The lowest BCUT2D eigenvalue weighted by Gasteiger charge is -2.16. The summed E-state index contributed by atoms with van der Waals surface area (Å²) in [5, 5.41) is 0. The fourth-order valence-electron chi connectivity index (χ4n) is 2.02. The molecule has 0 spiro atoms. The first-order valence-corrected chi connectivity index (χ1v) is 6.17. The minimum atomic E-state index is -0.202. The standard InChI is InChI=1S/C12H15BrFNO/c1-16-11-4-5-15(8-11)7-9-2-3-10(14)6-12(9)13/h2-3,6,11H,4-5,7-8H2,1H3/t11-/m0/s1. The second-order valence-corrected chi connectivity index (χ2v) is 4.97. The third-order valence-corrected chi connectivity index (χ3v) is 3.71. The normalized spacial score (nSPS) is 21.6. The van der Waals surface area contributed by atoms with Crippen molar-refractivity contribution in [2.75, 3.05) is 20.2 Å². The zero-order chi connectivity index (χ0) is 11.5. The van der Waals surface area contributed by atoms with Gasteiger partial charge in [-0.2, -0.15) is 0 Å². The van der Waals surface area contributed by atoms with Crippen LogP contribution >= 0.6 is 15.9 Å². The molecule has 2 rings (SSSR count). The molecule has 0 radical (unpaired) electrons. The molecule has 1 aromatic rings. The zero-order valence-electron chi connectivity index (χ0n) is 9.25. The molecule has 1 aliphatic heterocycles. The van der Waals surface area contributed by atoms with Crippen molar-refractivity contribution in [1.29, 1.82) is 0 Å². The minimum absolute atomic E-state index is 0.202. The third kappa shape index (κ3) is 2.81. The maximum absolute atomic E-state index is 12.9. The van der Waals surface area contributed by atoms with Crippen LogP contribution in [-0.4, -0.2) is 31.2 Å². The summed E-state index contributed by atoms with van der Waals surface area (Å²) in [6.45, 7) is 2.85. The van der Waals surface area contributed by atoms with Gasteiger partial charge < -0.3 is 4.74 Å². The van der Waals surface area contributed by atoms with Crippen LogP contribution in [0.25, 0.3) is 0 Å². The quantitative estimate of drug-likeness (QED) is 0.848. The van der Waals surface area contributed by atoms with E-state index in [1.165, 1.54) is 12.1 Å². The third-order valence-electron chi connectivity index (χ3n) is 2.97. The Kier molecular flexibility index (Phi) is 3.95. The summed E-state index contributed by atoms with van der Waals surface area (Å²) in [5.74, 6) is -0.202. The second-order valence-electron chi connectivity index (χ2n) is 4.12. The summed E-state index contributed by atoms with van der Waals surface area (Å²) < 4.78 is 19.1. The van der Waals surface area contributed by atoms with Gasteiger partial charge in [0, 0.05) is 31.2 Å². The van der Waals surface area contributed by atoms with Crippen LogP contribution in [0, 0.1) is 5.82 Å². The Morgan fingerprint density at radius 1 is 1.56 bits per heavy atom. The lowest BCUT2D eigenvalue weighted by Crippen LogP contribution is -2.22. The number of halogens is 2. The first-order valence-electron chi connectivity index (χ1n) is 5.38. The number of methoxy groups -OCH3 is 1. The van der Waals surface area contributed by atoms with E-state index in [-0.39, 0.29) is 5.82 Å². The van der Waals surface area contributed by atoms with Crippen LogP contribution in [0.1, 0.15) is 12.0 Å². The maximum atomic E-state index is 12.9. The van der Waals surface area contributed by atoms with Gasteiger partial charge in [0.1, 0.15) is 5.82 Å². The molecule has 1 aliphatic rings. The molecule has 1 heterocycles. The zero-order valence-corrected chi connectivity index (χ0v) is 10.8. The van der Waals surface area contributed by atoms with Crippen molar-refractivity contribution >= 4 is 15.9 Å². The molecule has 0 saturated carbocycles. The molecular weight excluding hydrogens is 273 g/mol. The van der Waals surface area contributed by atoms with Crippen LogP contribution in [0.4, 0.5) is 4.39 Å². The van der Waals surface area contributed by atoms with Crippen molar-refractivity contribution < 1.29 is 9.13 Å². The highest BCUT2D eigenvalue weighted by molar-refractivity contribution is 9.10. The van der Waals surface area contributed by atoms with Crippen molar-refractivity contribution in [3.8, 4) is 0 Å². The minimum Gasteiger partial charge on any atom is -0.380 e. The molecule has 1 atom stereocenters. The predicted molar refractivity (Wildman–Crippen MR) is 64.8 cm³/mol. The van der Waals surface area contributed by atoms with Gasteiger partial charge in [-0.15, -0.1) is 0 Å². The second kappa shape index (κ2) is 5.25. The molecule has 0 bridgehead atoms. The monoisotopic (exact) mass is 287 g/mol. The van der Waals surface area contributed by atoms with Gasteiger partial charge >= 0.3 is 0 Å². The molecule has 0 aromatic heterocycles. The summed E-state index contributed by atoms with van der Waals surface area (Å²) in [5.41, 5.74) is 1.12. The largest absolute Gasteiger partial charge is 0.380 e. The van der Waals surface area contributed by atoms with E-state index in [0.717, 1.165) is 36.1 Å². The Labute approximate surface area is 104 Å². The molecule has 1 saturated heterocycles. The summed E-state index contributed by atoms with van der Waals surface area (Å²) in [7, 11) is 1.75. The molecule has 1 fully saturated rings. The smallest absolute Gasteiger partial charge is 0.124 e. The molecule has 2 nitrogen and oxygen atoms in total. The van der Waals surface area contributed by atoms with Crippen LogP contribution < -0.4 is 0 Å².